The molecule has 1 fully saturated rings. The average Bonchev–Trinajstić information content (AvgIpc) is 2.64. The Hall–Kier alpha value is -0.900. The Morgan fingerprint density at radius 3 is 2.79 bits per heavy atom. The number of amides is 1. The fourth-order valence-electron chi connectivity index (χ4n) is 2.68. The van der Waals surface area contributed by atoms with Crippen LogP contribution < -0.4 is 0 Å². The van der Waals surface area contributed by atoms with E-state index < -0.39 is 0 Å². The van der Waals surface area contributed by atoms with E-state index >= 15 is 0 Å². The Morgan fingerprint density at radius 1 is 1.37 bits per heavy atom. The first kappa shape index (κ1) is 14.5. The molecule has 0 aliphatic carbocycles. The van der Waals surface area contributed by atoms with Gasteiger partial charge < -0.3 is 4.90 Å². The van der Waals surface area contributed by atoms with Crippen LogP contribution in [0.25, 0.3) is 0 Å². The number of rotatable bonds is 2. The van der Waals surface area contributed by atoms with Crippen LogP contribution in [0.5, 0.6) is 0 Å². The van der Waals surface area contributed by atoms with Gasteiger partial charge in [0.2, 0.25) is 0 Å². The van der Waals surface area contributed by atoms with Gasteiger partial charge in [0.25, 0.3) is 5.91 Å². The zero-order valence-electron chi connectivity index (χ0n) is 11.6. The number of aromatic nitrogens is 1. The Morgan fingerprint density at radius 2 is 2.16 bits per heavy atom. The van der Waals surface area contributed by atoms with Crippen LogP contribution in [-0.2, 0) is 0 Å². The van der Waals surface area contributed by atoms with E-state index in [9.17, 15) is 4.79 Å². The zero-order chi connectivity index (χ0) is 13.8. The van der Waals surface area contributed by atoms with Crippen molar-refractivity contribution in [3.05, 3.63) is 28.5 Å². The Balaban J connectivity index is 2.02. The summed E-state index contributed by atoms with van der Waals surface area (Å²) in [5.41, 5.74) is 0.686. The van der Waals surface area contributed by atoms with Crippen molar-refractivity contribution in [3.8, 4) is 0 Å². The number of hydrogen-bond acceptors (Lipinski definition) is 2. The van der Waals surface area contributed by atoms with Gasteiger partial charge in [-0.2, -0.15) is 0 Å². The van der Waals surface area contributed by atoms with E-state index in [1.165, 1.54) is 6.42 Å². The van der Waals surface area contributed by atoms with Crippen LogP contribution in [0.1, 0.15) is 43.5 Å². The topological polar surface area (TPSA) is 33.2 Å². The summed E-state index contributed by atoms with van der Waals surface area (Å²) in [6.07, 6.45) is 5.11. The summed E-state index contributed by atoms with van der Waals surface area (Å²) in [5, 5.41) is 0. The number of halogens is 1. The van der Waals surface area contributed by atoms with Gasteiger partial charge in [-0.1, -0.05) is 13.8 Å². The van der Waals surface area contributed by atoms with Crippen molar-refractivity contribution in [1.82, 2.24) is 9.88 Å². The van der Waals surface area contributed by atoms with Gasteiger partial charge in [0.1, 0.15) is 4.60 Å². The highest BCUT2D eigenvalue weighted by atomic mass is 79.9. The predicted molar refractivity (Wildman–Crippen MR) is 80.0 cm³/mol. The van der Waals surface area contributed by atoms with Crippen LogP contribution in [0.2, 0.25) is 0 Å². The normalized spacial score (nSPS) is 20.4. The third kappa shape index (κ3) is 3.78. The number of hydrogen-bond donors (Lipinski definition) is 0. The van der Waals surface area contributed by atoms with Crippen molar-refractivity contribution in [3.63, 3.8) is 0 Å². The molecule has 3 nitrogen and oxygen atoms in total. The van der Waals surface area contributed by atoms with Crippen LogP contribution >= 0.6 is 15.9 Å². The van der Waals surface area contributed by atoms with E-state index in [0.29, 0.717) is 11.5 Å². The van der Waals surface area contributed by atoms with Crippen LogP contribution in [0.3, 0.4) is 0 Å². The molecule has 1 atom stereocenters. The molecule has 4 heteroatoms. The smallest absolute Gasteiger partial charge is 0.255 e. The SMILES string of the molecule is CC(C)C1CCCN(C(=O)c2ccc(Br)nc2)CC1. The van der Waals surface area contributed by atoms with E-state index in [1.807, 2.05) is 17.0 Å². The highest BCUT2D eigenvalue weighted by Gasteiger charge is 2.23. The summed E-state index contributed by atoms with van der Waals surface area (Å²) in [4.78, 5) is 18.5. The maximum atomic E-state index is 12.4. The van der Waals surface area contributed by atoms with Crippen LogP contribution in [-0.4, -0.2) is 28.9 Å². The van der Waals surface area contributed by atoms with Gasteiger partial charge in [-0.15, -0.1) is 0 Å². The first-order valence-electron chi connectivity index (χ1n) is 6.98. The highest BCUT2D eigenvalue weighted by Crippen LogP contribution is 2.25. The quantitative estimate of drug-likeness (QED) is 0.776. The number of nitrogens with zero attached hydrogens (tertiary/aromatic N) is 2. The van der Waals surface area contributed by atoms with Gasteiger partial charge in [0, 0.05) is 19.3 Å². The van der Waals surface area contributed by atoms with E-state index in [4.69, 9.17) is 0 Å². The molecule has 0 spiro atoms. The number of carbonyl (C=O) groups excluding carboxylic acids is 1. The average molecular weight is 325 g/mol. The Kier molecular flexibility index (Phi) is 4.97. The molecule has 1 unspecified atom stereocenters. The molecule has 0 bridgehead atoms. The lowest BCUT2D eigenvalue weighted by Crippen LogP contribution is -2.32. The molecule has 0 radical (unpaired) electrons. The maximum absolute atomic E-state index is 12.4. The number of likely N-dealkylation sites (tertiary alicyclic amines) is 1. The monoisotopic (exact) mass is 324 g/mol. The molecule has 1 amide bonds. The van der Waals surface area contributed by atoms with Gasteiger partial charge in [-0.3, -0.25) is 4.79 Å². The fraction of sp³-hybridized carbons (Fsp3) is 0.600. The second kappa shape index (κ2) is 6.51. The fourth-order valence-corrected chi connectivity index (χ4v) is 2.91. The summed E-state index contributed by atoms with van der Waals surface area (Å²) in [5.74, 6) is 1.58. The Bertz CT molecular complexity index is 430. The van der Waals surface area contributed by atoms with Crippen molar-refractivity contribution >= 4 is 21.8 Å². The van der Waals surface area contributed by atoms with E-state index in [0.717, 1.165) is 36.5 Å². The third-order valence-corrected chi connectivity index (χ3v) is 4.45. The molecule has 1 aliphatic heterocycles. The summed E-state index contributed by atoms with van der Waals surface area (Å²) < 4.78 is 0.764. The van der Waals surface area contributed by atoms with Gasteiger partial charge in [-0.05, 0) is 59.2 Å². The van der Waals surface area contributed by atoms with Crippen molar-refractivity contribution < 1.29 is 4.79 Å². The summed E-state index contributed by atoms with van der Waals surface area (Å²) in [7, 11) is 0. The lowest BCUT2D eigenvalue weighted by molar-refractivity contribution is 0.0758. The molecule has 1 aromatic rings. The lowest BCUT2D eigenvalue weighted by Gasteiger charge is -2.21. The minimum Gasteiger partial charge on any atom is -0.339 e. The largest absolute Gasteiger partial charge is 0.339 e. The number of carbonyl (C=O) groups is 1. The third-order valence-electron chi connectivity index (χ3n) is 3.98. The molecule has 1 aliphatic rings. The van der Waals surface area contributed by atoms with E-state index in [-0.39, 0.29) is 5.91 Å². The van der Waals surface area contributed by atoms with Crippen molar-refractivity contribution in [2.24, 2.45) is 11.8 Å². The molecule has 19 heavy (non-hydrogen) atoms. The molecule has 104 valence electrons. The molecule has 0 N–H and O–H groups in total. The van der Waals surface area contributed by atoms with Gasteiger partial charge >= 0.3 is 0 Å². The summed E-state index contributed by atoms with van der Waals surface area (Å²) in [6, 6.07) is 3.66. The predicted octanol–water partition coefficient (Wildman–Crippen LogP) is 3.74. The molecule has 1 aromatic heterocycles. The van der Waals surface area contributed by atoms with Crippen LogP contribution in [0.4, 0.5) is 0 Å². The van der Waals surface area contributed by atoms with Crippen molar-refractivity contribution in [1.29, 1.82) is 0 Å². The molecule has 0 aromatic carbocycles. The zero-order valence-corrected chi connectivity index (χ0v) is 13.2. The van der Waals surface area contributed by atoms with Crippen LogP contribution in [0.15, 0.2) is 22.9 Å². The molecular weight excluding hydrogens is 304 g/mol. The van der Waals surface area contributed by atoms with Crippen molar-refractivity contribution in [2.45, 2.75) is 33.1 Å². The van der Waals surface area contributed by atoms with Crippen molar-refractivity contribution in [2.75, 3.05) is 13.1 Å². The minimum absolute atomic E-state index is 0.115. The minimum atomic E-state index is 0.115. The molecule has 2 rings (SSSR count). The summed E-state index contributed by atoms with van der Waals surface area (Å²) in [6.45, 7) is 6.30. The van der Waals surface area contributed by atoms with Gasteiger partial charge in [-0.25, -0.2) is 4.98 Å². The van der Waals surface area contributed by atoms with Gasteiger partial charge in [0.15, 0.2) is 0 Å². The van der Waals surface area contributed by atoms with E-state index in [1.54, 1.807) is 6.20 Å². The second-order valence-corrected chi connectivity index (χ2v) is 6.41. The molecule has 2 heterocycles. The Labute approximate surface area is 123 Å². The second-order valence-electron chi connectivity index (χ2n) is 5.60. The molecule has 0 saturated carbocycles. The maximum Gasteiger partial charge on any atom is 0.255 e. The highest BCUT2D eigenvalue weighted by molar-refractivity contribution is 9.10. The van der Waals surface area contributed by atoms with Gasteiger partial charge in [0.05, 0.1) is 5.56 Å². The lowest BCUT2D eigenvalue weighted by atomic mass is 9.89. The first-order valence-corrected chi connectivity index (χ1v) is 7.78. The van der Waals surface area contributed by atoms with Crippen LogP contribution in [0, 0.1) is 11.8 Å². The summed E-state index contributed by atoms with van der Waals surface area (Å²) >= 11 is 3.29. The molecular formula is C15H21BrN2O. The first-order chi connectivity index (χ1) is 9.08. The standard InChI is InChI=1S/C15H21BrN2O/c1-11(2)12-4-3-8-18(9-7-12)15(19)13-5-6-14(16)17-10-13/h5-6,10-12H,3-4,7-9H2,1-2H3. The molecule has 1 saturated heterocycles. The van der Waals surface area contributed by atoms with E-state index in [2.05, 4.69) is 34.8 Å². The number of pyridine rings is 1.